The van der Waals surface area contributed by atoms with E-state index in [0.717, 1.165) is 30.6 Å². The molecule has 1 unspecified atom stereocenters. The van der Waals surface area contributed by atoms with Crippen molar-refractivity contribution in [3.05, 3.63) is 35.0 Å². The highest BCUT2D eigenvalue weighted by Gasteiger charge is 2.26. The molecule has 0 aliphatic carbocycles. The summed E-state index contributed by atoms with van der Waals surface area (Å²) in [5, 5.41) is 1.17. The lowest BCUT2D eigenvalue weighted by Crippen LogP contribution is -2.28. The fourth-order valence-electron chi connectivity index (χ4n) is 3.44. The predicted octanol–water partition coefficient (Wildman–Crippen LogP) is 4.05. The maximum absolute atomic E-state index is 12.7. The molecular weight excluding hydrogens is 260 g/mol. The lowest BCUT2D eigenvalue weighted by Gasteiger charge is -2.16. The molecule has 1 aromatic carbocycles. The van der Waals surface area contributed by atoms with Crippen molar-refractivity contribution in [1.82, 2.24) is 9.88 Å². The number of nitrogens with one attached hydrogen (secondary N) is 1. The standard InChI is InChI=1S/C18H24N2O/c1-4-5-14-8-9-20(11-14)18(21)15-6-7-17-16(10-15)12(2)13(3)19-17/h6-7,10,14,19H,4-5,8-9,11H2,1-3H3. The molecule has 3 nitrogen and oxygen atoms in total. The van der Waals surface area contributed by atoms with Crippen LogP contribution in [0.1, 0.15) is 47.8 Å². The molecule has 1 atom stereocenters. The van der Waals surface area contributed by atoms with Gasteiger partial charge in [-0.05, 0) is 56.4 Å². The van der Waals surface area contributed by atoms with Crippen molar-refractivity contribution in [1.29, 1.82) is 0 Å². The van der Waals surface area contributed by atoms with E-state index in [1.54, 1.807) is 0 Å². The van der Waals surface area contributed by atoms with Gasteiger partial charge in [-0.15, -0.1) is 0 Å². The van der Waals surface area contributed by atoms with Gasteiger partial charge < -0.3 is 9.88 Å². The second-order valence-electron chi connectivity index (χ2n) is 6.33. The van der Waals surface area contributed by atoms with Crippen molar-refractivity contribution >= 4 is 16.8 Å². The first-order chi connectivity index (χ1) is 10.1. The highest BCUT2D eigenvalue weighted by atomic mass is 16.2. The van der Waals surface area contributed by atoms with E-state index in [0.29, 0.717) is 5.92 Å². The van der Waals surface area contributed by atoms with Gasteiger partial charge in [0.25, 0.3) is 5.91 Å². The smallest absolute Gasteiger partial charge is 0.253 e. The summed E-state index contributed by atoms with van der Waals surface area (Å²) >= 11 is 0. The van der Waals surface area contributed by atoms with Crippen molar-refractivity contribution in [3.8, 4) is 0 Å². The molecule has 0 saturated carbocycles. The number of fused-ring (bicyclic) bond motifs is 1. The number of carbonyl (C=O) groups excluding carboxylic acids is 1. The predicted molar refractivity (Wildman–Crippen MR) is 86.7 cm³/mol. The summed E-state index contributed by atoms with van der Waals surface area (Å²) in [5.41, 5.74) is 4.36. The number of rotatable bonds is 3. The van der Waals surface area contributed by atoms with Crippen LogP contribution in [0.25, 0.3) is 10.9 Å². The van der Waals surface area contributed by atoms with E-state index in [4.69, 9.17) is 0 Å². The fraction of sp³-hybridized carbons (Fsp3) is 0.500. The van der Waals surface area contributed by atoms with Crippen LogP contribution in [-0.2, 0) is 0 Å². The van der Waals surface area contributed by atoms with Crippen molar-refractivity contribution in [2.45, 2.75) is 40.0 Å². The van der Waals surface area contributed by atoms with Gasteiger partial charge in [-0.1, -0.05) is 13.3 Å². The van der Waals surface area contributed by atoms with Crippen LogP contribution in [0.5, 0.6) is 0 Å². The van der Waals surface area contributed by atoms with Crippen LogP contribution < -0.4 is 0 Å². The molecule has 0 spiro atoms. The molecule has 2 heterocycles. The SMILES string of the molecule is CCCC1CCN(C(=O)c2ccc3[nH]c(C)c(C)c3c2)C1. The van der Waals surface area contributed by atoms with Gasteiger partial charge in [-0.2, -0.15) is 0 Å². The maximum Gasteiger partial charge on any atom is 0.253 e. The number of hydrogen-bond donors (Lipinski definition) is 1. The third kappa shape index (κ3) is 2.57. The number of hydrogen-bond acceptors (Lipinski definition) is 1. The Labute approximate surface area is 126 Å². The van der Waals surface area contributed by atoms with Crippen LogP contribution in [0.2, 0.25) is 0 Å². The minimum absolute atomic E-state index is 0.189. The number of benzene rings is 1. The van der Waals surface area contributed by atoms with Crippen molar-refractivity contribution < 1.29 is 4.79 Å². The second kappa shape index (κ2) is 5.55. The minimum Gasteiger partial charge on any atom is -0.358 e. The van der Waals surface area contributed by atoms with E-state index in [1.807, 2.05) is 23.1 Å². The summed E-state index contributed by atoms with van der Waals surface area (Å²) < 4.78 is 0. The van der Waals surface area contributed by atoms with E-state index < -0.39 is 0 Å². The monoisotopic (exact) mass is 284 g/mol. The molecule has 0 radical (unpaired) electrons. The summed E-state index contributed by atoms with van der Waals surface area (Å²) in [6, 6.07) is 6.03. The van der Waals surface area contributed by atoms with Crippen molar-refractivity contribution in [2.24, 2.45) is 5.92 Å². The van der Waals surface area contributed by atoms with Gasteiger partial charge in [-0.25, -0.2) is 0 Å². The van der Waals surface area contributed by atoms with Gasteiger partial charge >= 0.3 is 0 Å². The molecular formula is C18H24N2O. The summed E-state index contributed by atoms with van der Waals surface area (Å²) in [7, 11) is 0. The molecule has 1 N–H and O–H groups in total. The Morgan fingerprint density at radius 1 is 1.38 bits per heavy atom. The number of H-pyrrole nitrogens is 1. The molecule has 0 bridgehead atoms. The highest BCUT2D eigenvalue weighted by molar-refractivity contribution is 5.99. The summed E-state index contributed by atoms with van der Waals surface area (Å²) in [6.07, 6.45) is 3.60. The normalized spacial score (nSPS) is 18.6. The Hall–Kier alpha value is -1.77. The third-order valence-corrected chi connectivity index (χ3v) is 4.83. The average molecular weight is 284 g/mol. The van der Waals surface area contributed by atoms with E-state index >= 15 is 0 Å². The van der Waals surface area contributed by atoms with E-state index in [-0.39, 0.29) is 5.91 Å². The summed E-state index contributed by atoms with van der Waals surface area (Å²) in [4.78, 5) is 18.1. The summed E-state index contributed by atoms with van der Waals surface area (Å²) in [5.74, 6) is 0.882. The van der Waals surface area contributed by atoms with E-state index in [9.17, 15) is 4.79 Å². The first kappa shape index (κ1) is 14.2. The zero-order valence-electron chi connectivity index (χ0n) is 13.2. The van der Waals surface area contributed by atoms with Crippen LogP contribution in [0.4, 0.5) is 0 Å². The fourth-order valence-corrected chi connectivity index (χ4v) is 3.44. The summed E-state index contributed by atoms with van der Waals surface area (Å²) in [6.45, 7) is 8.24. The highest BCUT2D eigenvalue weighted by Crippen LogP contribution is 2.26. The molecule has 3 heteroatoms. The van der Waals surface area contributed by atoms with Gasteiger partial charge in [0.05, 0.1) is 0 Å². The van der Waals surface area contributed by atoms with E-state index in [2.05, 4.69) is 25.8 Å². The quantitative estimate of drug-likeness (QED) is 0.907. The number of aromatic amines is 1. The van der Waals surface area contributed by atoms with Crippen LogP contribution >= 0.6 is 0 Å². The number of carbonyl (C=O) groups is 1. The molecule has 1 amide bonds. The molecule has 112 valence electrons. The van der Waals surface area contributed by atoms with Crippen molar-refractivity contribution in [3.63, 3.8) is 0 Å². The number of nitrogens with zero attached hydrogens (tertiary/aromatic N) is 1. The topological polar surface area (TPSA) is 36.1 Å². The zero-order chi connectivity index (χ0) is 15.0. The number of amides is 1. The lowest BCUT2D eigenvalue weighted by atomic mass is 10.0. The lowest BCUT2D eigenvalue weighted by molar-refractivity contribution is 0.0786. The average Bonchev–Trinajstić information content (AvgIpc) is 3.05. The van der Waals surface area contributed by atoms with Crippen LogP contribution in [0, 0.1) is 19.8 Å². The molecule has 1 aliphatic heterocycles. The number of likely N-dealkylation sites (tertiary alicyclic amines) is 1. The Morgan fingerprint density at radius 3 is 2.95 bits per heavy atom. The van der Waals surface area contributed by atoms with Gasteiger partial charge in [0, 0.05) is 35.2 Å². The van der Waals surface area contributed by atoms with Gasteiger partial charge in [0.1, 0.15) is 0 Å². The van der Waals surface area contributed by atoms with Crippen LogP contribution in [-0.4, -0.2) is 28.9 Å². The maximum atomic E-state index is 12.7. The molecule has 3 rings (SSSR count). The molecule has 21 heavy (non-hydrogen) atoms. The molecule has 1 saturated heterocycles. The molecule has 1 aliphatic rings. The third-order valence-electron chi connectivity index (χ3n) is 4.83. The van der Waals surface area contributed by atoms with Gasteiger partial charge in [0.2, 0.25) is 0 Å². The number of aromatic nitrogens is 1. The second-order valence-corrected chi connectivity index (χ2v) is 6.33. The van der Waals surface area contributed by atoms with Crippen LogP contribution in [0.15, 0.2) is 18.2 Å². The van der Waals surface area contributed by atoms with E-state index in [1.165, 1.54) is 29.5 Å². The molecule has 1 fully saturated rings. The zero-order valence-corrected chi connectivity index (χ0v) is 13.2. The number of aryl methyl sites for hydroxylation is 2. The first-order valence-corrected chi connectivity index (χ1v) is 7.98. The van der Waals surface area contributed by atoms with Crippen LogP contribution in [0.3, 0.4) is 0 Å². The Bertz CT molecular complexity index is 671. The van der Waals surface area contributed by atoms with Gasteiger partial charge in [0.15, 0.2) is 0 Å². The minimum atomic E-state index is 0.189. The van der Waals surface area contributed by atoms with Gasteiger partial charge in [-0.3, -0.25) is 4.79 Å². The first-order valence-electron chi connectivity index (χ1n) is 7.98. The molecule has 1 aromatic heterocycles. The molecule has 2 aromatic rings. The Kier molecular flexibility index (Phi) is 3.75. The van der Waals surface area contributed by atoms with Crippen molar-refractivity contribution in [2.75, 3.05) is 13.1 Å². The Morgan fingerprint density at radius 2 is 2.19 bits per heavy atom. The Balaban J connectivity index is 1.83. The largest absolute Gasteiger partial charge is 0.358 e.